The zero-order chi connectivity index (χ0) is 24.2. The summed E-state index contributed by atoms with van der Waals surface area (Å²) in [6, 6.07) is 16.2. The molecule has 184 valence electrons. The number of hydrogen-bond donors (Lipinski definition) is 1. The number of hydrazone groups is 1. The summed E-state index contributed by atoms with van der Waals surface area (Å²) in [6.45, 7) is 0. The molecular formula is C29H35N3O3. The third-order valence-corrected chi connectivity index (χ3v) is 7.56. The van der Waals surface area contributed by atoms with Crippen LogP contribution >= 0.6 is 0 Å². The quantitative estimate of drug-likeness (QED) is 0.551. The van der Waals surface area contributed by atoms with Gasteiger partial charge in [-0.3, -0.25) is 0 Å². The number of ether oxygens (including phenoxy) is 2. The van der Waals surface area contributed by atoms with E-state index in [1.807, 2.05) is 24.3 Å². The third kappa shape index (κ3) is 5.07. The van der Waals surface area contributed by atoms with Crippen LogP contribution in [0.5, 0.6) is 11.5 Å². The largest absolute Gasteiger partial charge is 0.497 e. The molecule has 2 amide bonds. The van der Waals surface area contributed by atoms with E-state index in [0.29, 0.717) is 0 Å². The lowest BCUT2D eigenvalue weighted by Crippen LogP contribution is -2.44. The van der Waals surface area contributed by atoms with Crippen LogP contribution in [-0.4, -0.2) is 37.0 Å². The highest BCUT2D eigenvalue weighted by atomic mass is 16.5. The Balaban J connectivity index is 1.47. The van der Waals surface area contributed by atoms with Crippen molar-refractivity contribution >= 4 is 17.8 Å². The first-order chi connectivity index (χ1) is 17.2. The fraction of sp³-hybridized carbons (Fsp3) is 0.448. The number of nitrogens with one attached hydrogen (secondary N) is 1. The summed E-state index contributed by atoms with van der Waals surface area (Å²) in [6.07, 6.45) is 11.0. The highest BCUT2D eigenvalue weighted by Crippen LogP contribution is 2.44. The Hall–Kier alpha value is -3.28. The molecule has 6 heteroatoms. The molecule has 6 nitrogen and oxygen atoms in total. The maximum absolute atomic E-state index is 13.5. The molecule has 5 rings (SSSR count). The van der Waals surface area contributed by atoms with Gasteiger partial charge in [-0.2, -0.15) is 5.10 Å². The normalized spacial score (nSPS) is 23.5. The number of allylic oxidation sites excluding steroid dienone is 1. The van der Waals surface area contributed by atoms with Gasteiger partial charge in [0, 0.05) is 12.0 Å². The number of benzene rings is 2. The highest BCUT2D eigenvalue weighted by Gasteiger charge is 2.44. The molecule has 1 aliphatic heterocycles. The summed E-state index contributed by atoms with van der Waals surface area (Å²) >= 11 is 0. The van der Waals surface area contributed by atoms with Crippen molar-refractivity contribution in [1.29, 1.82) is 0 Å². The van der Waals surface area contributed by atoms with E-state index in [9.17, 15) is 4.79 Å². The number of methoxy groups -OCH3 is 2. The molecule has 3 aliphatic rings. The lowest BCUT2D eigenvalue weighted by Gasteiger charge is -2.31. The van der Waals surface area contributed by atoms with Crippen LogP contribution < -0.4 is 14.8 Å². The molecule has 2 aromatic carbocycles. The Morgan fingerprint density at radius 1 is 0.914 bits per heavy atom. The lowest BCUT2D eigenvalue weighted by atomic mass is 9.77. The minimum atomic E-state index is -0.112. The van der Waals surface area contributed by atoms with Crippen LogP contribution in [0.25, 0.3) is 6.08 Å². The van der Waals surface area contributed by atoms with E-state index >= 15 is 0 Å². The molecule has 0 spiro atoms. The average molecular weight is 474 g/mol. The van der Waals surface area contributed by atoms with Crippen molar-refractivity contribution in [3.63, 3.8) is 0 Å². The summed E-state index contributed by atoms with van der Waals surface area (Å²) in [5.41, 5.74) is 4.49. The molecule has 2 aromatic rings. The van der Waals surface area contributed by atoms with Crippen LogP contribution in [0.15, 0.2) is 59.2 Å². The molecule has 1 heterocycles. The van der Waals surface area contributed by atoms with E-state index in [4.69, 9.17) is 14.6 Å². The molecular weight excluding hydrogens is 438 g/mol. The standard InChI is InChI=1S/C29H35N3O3/c1-34-24-15-11-20(12-16-24)19-22-7-6-10-26-27(22)31-32(29(33)30-23-8-4-3-5-9-23)28(26)21-13-17-25(35-2)18-14-21/h11-19,23,26,28H,3-10H2,1-2H3,(H,30,33). The van der Waals surface area contributed by atoms with Gasteiger partial charge in [-0.25, -0.2) is 9.80 Å². The smallest absolute Gasteiger partial charge is 0.338 e. The summed E-state index contributed by atoms with van der Waals surface area (Å²) in [7, 11) is 3.35. The summed E-state index contributed by atoms with van der Waals surface area (Å²) < 4.78 is 10.7. The van der Waals surface area contributed by atoms with Crippen molar-refractivity contribution in [1.82, 2.24) is 10.3 Å². The molecule has 2 unspecified atom stereocenters. The minimum absolute atomic E-state index is 0.0802. The third-order valence-electron chi connectivity index (χ3n) is 7.56. The van der Waals surface area contributed by atoms with Crippen molar-refractivity contribution in [3.8, 4) is 11.5 Å². The van der Waals surface area contributed by atoms with Crippen LogP contribution in [0.3, 0.4) is 0 Å². The predicted molar refractivity (Wildman–Crippen MR) is 139 cm³/mol. The van der Waals surface area contributed by atoms with Gasteiger partial charge in [0.25, 0.3) is 0 Å². The van der Waals surface area contributed by atoms with Crippen molar-refractivity contribution < 1.29 is 14.3 Å². The molecule has 1 N–H and O–H groups in total. The Morgan fingerprint density at radius 2 is 1.57 bits per heavy atom. The van der Waals surface area contributed by atoms with Crippen molar-refractivity contribution in [2.45, 2.75) is 63.5 Å². The van der Waals surface area contributed by atoms with Crippen molar-refractivity contribution in [2.75, 3.05) is 14.2 Å². The number of carbonyl (C=O) groups excluding carboxylic acids is 1. The fourth-order valence-corrected chi connectivity index (χ4v) is 5.69. The number of urea groups is 1. The number of carbonyl (C=O) groups is 1. The van der Waals surface area contributed by atoms with Crippen LogP contribution in [0.1, 0.15) is 68.5 Å². The van der Waals surface area contributed by atoms with Crippen LogP contribution in [0, 0.1) is 5.92 Å². The number of amides is 2. The van der Waals surface area contributed by atoms with E-state index in [2.05, 4.69) is 35.7 Å². The van der Waals surface area contributed by atoms with Gasteiger partial charge in [0.15, 0.2) is 0 Å². The van der Waals surface area contributed by atoms with E-state index in [0.717, 1.165) is 60.4 Å². The monoisotopic (exact) mass is 473 g/mol. The first-order valence-corrected chi connectivity index (χ1v) is 12.8. The molecule has 0 saturated heterocycles. The predicted octanol–water partition coefficient (Wildman–Crippen LogP) is 6.34. The van der Waals surface area contributed by atoms with Crippen LogP contribution in [-0.2, 0) is 0 Å². The second kappa shape index (κ2) is 10.5. The van der Waals surface area contributed by atoms with E-state index in [1.54, 1.807) is 19.2 Å². The van der Waals surface area contributed by atoms with Crippen LogP contribution in [0.4, 0.5) is 4.79 Å². The van der Waals surface area contributed by atoms with E-state index < -0.39 is 0 Å². The summed E-state index contributed by atoms with van der Waals surface area (Å²) in [4.78, 5) is 13.5. The van der Waals surface area contributed by atoms with E-state index in [1.165, 1.54) is 24.8 Å². The van der Waals surface area contributed by atoms with E-state index in [-0.39, 0.29) is 24.0 Å². The zero-order valence-corrected chi connectivity index (χ0v) is 20.7. The molecule has 2 fully saturated rings. The molecule has 0 bridgehead atoms. The molecule has 2 atom stereocenters. The van der Waals surface area contributed by atoms with Gasteiger partial charge in [0.1, 0.15) is 11.5 Å². The SMILES string of the molecule is COc1ccc(C=C2CCCC3C2=NN(C(=O)NC2CCCCC2)C3c2ccc(OC)cc2)cc1. The molecule has 0 aromatic heterocycles. The van der Waals surface area contributed by atoms with Gasteiger partial charge in [0.05, 0.1) is 26.0 Å². The molecule has 0 radical (unpaired) electrons. The Morgan fingerprint density at radius 3 is 2.23 bits per heavy atom. The number of nitrogens with zero attached hydrogens (tertiary/aromatic N) is 2. The first-order valence-electron chi connectivity index (χ1n) is 12.8. The van der Waals surface area contributed by atoms with Gasteiger partial charge in [0.2, 0.25) is 0 Å². The number of hydrogen-bond acceptors (Lipinski definition) is 4. The van der Waals surface area contributed by atoms with Gasteiger partial charge >= 0.3 is 6.03 Å². The highest BCUT2D eigenvalue weighted by molar-refractivity contribution is 6.08. The second-order valence-electron chi connectivity index (χ2n) is 9.77. The number of rotatable bonds is 5. The van der Waals surface area contributed by atoms with Crippen molar-refractivity contribution in [2.24, 2.45) is 11.0 Å². The zero-order valence-electron chi connectivity index (χ0n) is 20.7. The van der Waals surface area contributed by atoms with Gasteiger partial charge in [-0.05, 0) is 79.1 Å². The van der Waals surface area contributed by atoms with Crippen molar-refractivity contribution in [3.05, 3.63) is 65.2 Å². The molecule has 2 saturated carbocycles. The van der Waals surface area contributed by atoms with Crippen LogP contribution in [0.2, 0.25) is 0 Å². The summed E-state index contributed by atoms with van der Waals surface area (Å²) in [5, 5.41) is 10.0. The Labute approximate surface area is 208 Å². The first kappa shape index (κ1) is 23.5. The van der Waals surface area contributed by atoms with Gasteiger partial charge < -0.3 is 14.8 Å². The number of fused-ring (bicyclic) bond motifs is 1. The maximum atomic E-state index is 13.5. The molecule has 2 aliphatic carbocycles. The Bertz CT molecular complexity index is 1090. The second-order valence-corrected chi connectivity index (χ2v) is 9.77. The van der Waals surface area contributed by atoms with Gasteiger partial charge in [-0.1, -0.05) is 43.5 Å². The molecule has 35 heavy (non-hydrogen) atoms. The van der Waals surface area contributed by atoms with Gasteiger partial charge in [-0.15, -0.1) is 0 Å². The minimum Gasteiger partial charge on any atom is -0.497 e. The average Bonchev–Trinajstić information content (AvgIpc) is 3.31. The Kier molecular flexibility index (Phi) is 7.07. The maximum Gasteiger partial charge on any atom is 0.338 e. The fourth-order valence-electron chi connectivity index (χ4n) is 5.69. The lowest BCUT2D eigenvalue weighted by molar-refractivity contribution is 0.167. The topological polar surface area (TPSA) is 63.2 Å². The summed E-state index contributed by atoms with van der Waals surface area (Å²) in [5.74, 6) is 1.84.